The molecule has 2 aromatic heterocycles. The number of methoxy groups -OCH3 is 2. The van der Waals surface area contributed by atoms with Gasteiger partial charge in [0.1, 0.15) is 11.5 Å². The van der Waals surface area contributed by atoms with Crippen molar-refractivity contribution in [2.45, 2.75) is 76.9 Å². The lowest BCUT2D eigenvalue weighted by Crippen LogP contribution is -2.49. The molecule has 0 spiro atoms. The van der Waals surface area contributed by atoms with E-state index in [0.717, 1.165) is 96.3 Å². The summed E-state index contributed by atoms with van der Waals surface area (Å²) in [5, 5.41) is 26.2. The minimum absolute atomic E-state index is 0.0743. The van der Waals surface area contributed by atoms with Crippen molar-refractivity contribution in [3.63, 3.8) is 0 Å². The van der Waals surface area contributed by atoms with E-state index in [-0.39, 0.29) is 12.1 Å². The Labute approximate surface area is 332 Å². The third kappa shape index (κ3) is 8.12. The molecule has 2 aliphatic rings. The number of pyridine rings is 2. The fourth-order valence-electron chi connectivity index (χ4n) is 9.57. The quantitative estimate of drug-likeness (QED) is 0.109. The lowest BCUT2D eigenvalue weighted by molar-refractivity contribution is -0.0125. The second-order valence-corrected chi connectivity index (χ2v) is 15.9. The van der Waals surface area contributed by atoms with Gasteiger partial charge >= 0.3 is 0 Å². The highest BCUT2D eigenvalue weighted by Crippen LogP contribution is 2.41. The van der Waals surface area contributed by atoms with Crippen LogP contribution in [0.1, 0.15) is 74.0 Å². The minimum atomic E-state index is -0.697. The van der Waals surface area contributed by atoms with Gasteiger partial charge in [0, 0.05) is 61.4 Å². The predicted octanol–water partition coefficient (Wildman–Crippen LogP) is 9.07. The SMILES string of the molecule is C=C[C@H]1CN(Cc2ccc(CN3C[C@H](C=C)[C@@H](CC)C[C@H]3[C@H](O)c3ccnc4ccc(OC)cc34)cc2)[C@H]([C@H](O)c2ccnc3ccc(OC)cc23)C[C@@H]1CC. The molecule has 0 unspecified atom stereocenters. The molecule has 2 saturated heterocycles. The van der Waals surface area contributed by atoms with E-state index in [4.69, 9.17) is 9.47 Å². The van der Waals surface area contributed by atoms with Gasteiger partial charge in [-0.2, -0.15) is 0 Å². The molecule has 0 aliphatic carbocycles. The summed E-state index contributed by atoms with van der Waals surface area (Å²) in [6, 6.07) is 24.4. The second-order valence-electron chi connectivity index (χ2n) is 15.9. The number of likely N-dealkylation sites (tertiary alicyclic amines) is 2. The van der Waals surface area contributed by atoms with Gasteiger partial charge in [0.2, 0.25) is 0 Å². The van der Waals surface area contributed by atoms with Gasteiger partial charge in [-0.05, 0) is 107 Å². The van der Waals surface area contributed by atoms with E-state index in [2.05, 4.69) is 83.2 Å². The van der Waals surface area contributed by atoms with Crippen LogP contribution in [0.4, 0.5) is 0 Å². The van der Waals surface area contributed by atoms with Crippen LogP contribution in [-0.2, 0) is 13.1 Å². The summed E-state index contributed by atoms with van der Waals surface area (Å²) in [6.45, 7) is 16.0. The Morgan fingerprint density at radius 2 is 1.07 bits per heavy atom. The summed E-state index contributed by atoms with van der Waals surface area (Å²) in [6.07, 6.45) is 10.2. The molecule has 8 heteroatoms. The number of aromatic nitrogens is 2. The van der Waals surface area contributed by atoms with E-state index in [1.54, 1.807) is 26.6 Å². The molecule has 0 bridgehead atoms. The molecule has 8 atom stereocenters. The molecule has 56 heavy (non-hydrogen) atoms. The molecule has 8 nitrogen and oxygen atoms in total. The van der Waals surface area contributed by atoms with Crippen molar-refractivity contribution in [3.8, 4) is 11.5 Å². The van der Waals surface area contributed by atoms with Crippen molar-refractivity contribution in [2.75, 3.05) is 27.3 Å². The van der Waals surface area contributed by atoms with Crippen LogP contribution in [0.15, 0.2) is 111 Å². The van der Waals surface area contributed by atoms with Crippen molar-refractivity contribution >= 4 is 21.8 Å². The maximum Gasteiger partial charge on any atom is 0.119 e. The van der Waals surface area contributed by atoms with Gasteiger partial charge in [0.05, 0.1) is 37.5 Å². The van der Waals surface area contributed by atoms with Crippen molar-refractivity contribution in [1.82, 2.24) is 19.8 Å². The van der Waals surface area contributed by atoms with Gasteiger partial charge < -0.3 is 19.7 Å². The molecular weight excluding hydrogens is 697 g/mol. The molecule has 2 aliphatic heterocycles. The Balaban J connectivity index is 1.13. The summed E-state index contributed by atoms with van der Waals surface area (Å²) >= 11 is 0. The fourth-order valence-corrected chi connectivity index (χ4v) is 9.57. The van der Waals surface area contributed by atoms with Crippen LogP contribution in [0.25, 0.3) is 21.8 Å². The Hall–Kier alpha value is -4.60. The first kappa shape index (κ1) is 39.6. The van der Waals surface area contributed by atoms with Crippen LogP contribution in [0.3, 0.4) is 0 Å². The lowest BCUT2D eigenvalue weighted by Gasteiger charge is -2.45. The fraction of sp³-hybridized carbons (Fsp3) is 0.417. The first-order valence-corrected chi connectivity index (χ1v) is 20.3. The lowest BCUT2D eigenvalue weighted by atomic mass is 9.77. The molecule has 3 aromatic carbocycles. The number of benzene rings is 3. The van der Waals surface area contributed by atoms with Gasteiger partial charge in [-0.15, -0.1) is 13.2 Å². The Morgan fingerprint density at radius 1 is 0.661 bits per heavy atom. The number of hydrogen-bond donors (Lipinski definition) is 2. The summed E-state index contributed by atoms with van der Waals surface area (Å²) in [4.78, 5) is 14.1. The smallest absolute Gasteiger partial charge is 0.119 e. The molecular formula is C48H58N4O4. The second kappa shape index (κ2) is 17.7. The molecule has 2 fully saturated rings. The number of rotatable bonds is 14. The van der Waals surface area contributed by atoms with Crippen LogP contribution in [-0.4, -0.2) is 69.4 Å². The molecule has 0 saturated carbocycles. The average Bonchev–Trinajstić information content (AvgIpc) is 3.25. The van der Waals surface area contributed by atoms with Gasteiger partial charge in [0.25, 0.3) is 0 Å². The molecule has 0 amide bonds. The van der Waals surface area contributed by atoms with Gasteiger partial charge in [-0.3, -0.25) is 19.8 Å². The average molecular weight is 755 g/mol. The number of aliphatic hydroxyl groups is 2. The topological polar surface area (TPSA) is 91.2 Å². The van der Waals surface area contributed by atoms with Crippen LogP contribution in [0.2, 0.25) is 0 Å². The number of fused-ring (bicyclic) bond motifs is 2. The molecule has 7 rings (SSSR count). The number of piperidine rings is 2. The zero-order valence-corrected chi connectivity index (χ0v) is 33.4. The first-order chi connectivity index (χ1) is 27.3. The molecule has 5 aromatic rings. The Bertz CT molecular complexity index is 1970. The van der Waals surface area contributed by atoms with Crippen LogP contribution in [0.5, 0.6) is 11.5 Å². The van der Waals surface area contributed by atoms with Gasteiger partial charge in [0.15, 0.2) is 0 Å². The van der Waals surface area contributed by atoms with E-state index >= 15 is 0 Å². The van der Waals surface area contributed by atoms with Crippen LogP contribution >= 0.6 is 0 Å². The molecule has 0 radical (unpaired) electrons. The summed E-state index contributed by atoms with van der Waals surface area (Å²) in [7, 11) is 3.33. The third-order valence-electron chi connectivity index (χ3n) is 12.9. The summed E-state index contributed by atoms with van der Waals surface area (Å²) < 4.78 is 11.1. The zero-order chi connectivity index (χ0) is 39.3. The number of hydrogen-bond acceptors (Lipinski definition) is 8. The van der Waals surface area contributed by atoms with Gasteiger partial charge in [-0.1, -0.05) is 63.1 Å². The maximum atomic E-state index is 12.2. The van der Waals surface area contributed by atoms with Crippen molar-refractivity contribution < 1.29 is 19.7 Å². The molecule has 294 valence electrons. The third-order valence-corrected chi connectivity index (χ3v) is 12.9. The monoisotopic (exact) mass is 754 g/mol. The standard InChI is InChI=1S/C48H58N4O4/c1-7-33-23-45(47(53)39-19-21-49-43-17-15-37(55-5)25-41(39)43)51(29-35(33)9-3)27-31-11-13-32(14-12-31)28-52-30-36(10-4)34(8-2)24-46(52)48(54)40-20-22-50-44-18-16-38(56-6)26-42(40)44/h9-22,25-26,33-36,45-48,53-54H,3-4,7-8,23-24,27-30H2,1-2,5-6H3/t33-,34-,35-,36-,45-,46-,47+,48+/m0/s1. The Morgan fingerprint density at radius 3 is 1.43 bits per heavy atom. The van der Waals surface area contributed by atoms with E-state index < -0.39 is 12.2 Å². The van der Waals surface area contributed by atoms with E-state index in [1.807, 2.05) is 48.5 Å². The summed E-state index contributed by atoms with van der Waals surface area (Å²) in [5.41, 5.74) is 5.86. The normalized spacial score (nSPS) is 24.5. The summed E-state index contributed by atoms with van der Waals surface area (Å²) in [5.74, 6) is 3.09. The minimum Gasteiger partial charge on any atom is -0.497 e. The maximum absolute atomic E-state index is 12.2. The zero-order valence-electron chi connectivity index (χ0n) is 33.4. The van der Waals surface area contributed by atoms with Gasteiger partial charge in [-0.25, -0.2) is 0 Å². The van der Waals surface area contributed by atoms with Crippen LogP contribution < -0.4 is 9.47 Å². The van der Waals surface area contributed by atoms with E-state index in [1.165, 1.54) is 11.1 Å². The largest absolute Gasteiger partial charge is 0.497 e. The first-order valence-electron chi connectivity index (χ1n) is 20.3. The van der Waals surface area contributed by atoms with Crippen LogP contribution in [0, 0.1) is 23.7 Å². The number of nitrogens with zero attached hydrogens (tertiary/aromatic N) is 4. The molecule has 2 N–H and O–H groups in total. The van der Waals surface area contributed by atoms with Crippen molar-refractivity contribution in [3.05, 3.63) is 133 Å². The predicted molar refractivity (Wildman–Crippen MR) is 226 cm³/mol. The molecule has 4 heterocycles. The highest BCUT2D eigenvalue weighted by molar-refractivity contribution is 5.84. The highest BCUT2D eigenvalue weighted by Gasteiger charge is 2.39. The number of ether oxygens (including phenoxy) is 2. The van der Waals surface area contributed by atoms with Crippen molar-refractivity contribution in [2.24, 2.45) is 23.7 Å². The highest BCUT2D eigenvalue weighted by atomic mass is 16.5. The number of aliphatic hydroxyl groups excluding tert-OH is 2. The Kier molecular flexibility index (Phi) is 12.5. The van der Waals surface area contributed by atoms with E-state index in [9.17, 15) is 10.2 Å². The van der Waals surface area contributed by atoms with E-state index in [0.29, 0.717) is 23.7 Å². The van der Waals surface area contributed by atoms with Crippen molar-refractivity contribution in [1.29, 1.82) is 0 Å².